The quantitative estimate of drug-likeness (QED) is 0.657. The van der Waals surface area contributed by atoms with E-state index in [1.54, 1.807) is 6.07 Å². The molecule has 0 radical (unpaired) electrons. The van der Waals surface area contributed by atoms with Crippen molar-refractivity contribution in [3.8, 4) is 0 Å². The Morgan fingerprint density at radius 2 is 1.79 bits per heavy atom. The molecule has 4 bridgehead atoms. The van der Waals surface area contributed by atoms with Gasteiger partial charge in [-0.1, -0.05) is 17.7 Å². The van der Waals surface area contributed by atoms with Crippen LogP contribution in [0.3, 0.4) is 0 Å². The Morgan fingerprint density at radius 3 is 2.36 bits per heavy atom. The van der Waals surface area contributed by atoms with E-state index in [0.717, 1.165) is 17.8 Å². The van der Waals surface area contributed by atoms with E-state index in [1.165, 1.54) is 56.7 Å². The van der Waals surface area contributed by atoms with E-state index in [0.29, 0.717) is 12.1 Å². The third kappa shape index (κ3) is 3.87. The van der Waals surface area contributed by atoms with Crippen molar-refractivity contribution in [2.75, 3.05) is 13.1 Å². The molecule has 2 N–H and O–H groups in total. The molecule has 0 heterocycles. The van der Waals surface area contributed by atoms with E-state index in [1.807, 2.05) is 0 Å². The Bertz CT molecular complexity index is 862. The molecule has 5 nitrogen and oxygen atoms in total. The van der Waals surface area contributed by atoms with Crippen LogP contribution >= 0.6 is 11.6 Å². The lowest BCUT2D eigenvalue weighted by molar-refractivity contribution is -0.0503. The zero-order chi connectivity index (χ0) is 19.9. The number of hydrogen-bond donors (Lipinski definition) is 2. The SMILES string of the molecule is C=CCNS(=O)(=O)c1cc(C(=O)NCC23CC4CC(CC(C4)C2)C3)ccc1Cl. The number of carbonyl (C=O) groups excluding carboxylic acids is 1. The molecule has 1 aromatic carbocycles. The maximum absolute atomic E-state index is 12.8. The van der Waals surface area contributed by atoms with Crippen molar-refractivity contribution in [2.45, 2.75) is 43.4 Å². The molecule has 1 amide bonds. The standard InChI is InChI=1S/C21H27ClN2O3S/c1-2-5-24-28(26,27)19-9-17(3-4-18(19)22)20(25)23-13-21-10-14-6-15(11-21)8-16(7-14)12-21/h2-4,9,14-16,24H,1,5-8,10-13H2,(H,23,25). The molecule has 0 atom stereocenters. The second-order valence-electron chi connectivity index (χ2n) is 8.89. The van der Waals surface area contributed by atoms with E-state index in [9.17, 15) is 13.2 Å². The normalized spacial score (nSPS) is 31.0. The number of hydrogen-bond acceptors (Lipinski definition) is 3. The molecule has 152 valence electrons. The van der Waals surface area contributed by atoms with Crippen molar-refractivity contribution in [3.63, 3.8) is 0 Å². The van der Waals surface area contributed by atoms with E-state index >= 15 is 0 Å². The average molecular weight is 423 g/mol. The summed E-state index contributed by atoms with van der Waals surface area (Å²) in [4.78, 5) is 12.7. The van der Waals surface area contributed by atoms with Gasteiger partial charge in [0.15, 0.2) is 0 Å². The molecule has 4 aliphatic carbocycles. The Kier molecular flexibility index (Phi) is 5.31. The second-order valence-corrected chi connectivity index (χ2v) is 11.0. The highest BCUT2D eigenvalue weighted by molar-refractivity contribution is 7.89. The van der Waals surface area contributed by atoms with E-state index in [4.69, 9.17) is 11.6 Å². The van der Waals surface area contributed by atoms with Crippen molar-refractivity contribution >= 4 is 27.5 Å². The summed E-state index contributed by atoms with van der Waals surface area (Å²) < 4.78 is 27.2. The summed E-state index contributed by atoms with van der Waals surface area (Å²) in [5.41, 5.74) is 0.546. The minimum absolute atomic E-state index is 0.0847. The first-order valence-electron chi connectivity index (χ1n) is 9.98. The number of amides is 1. The van der Waals surface area contributed by atoms with Crippen LogP contribution in [0.4, 0.5) is 0 Å². The summed E-state index contributed by atoms with van der Waals surface area (Å²) in [6, 6.07) is 4.39. The number of carbonyl (C=O) groups is 1. The first kappa shape index (κ1) is 19.9. The third-order valence-corrected chi connectivity index (χ3v) is 8.59. The van der Waals surface area contributed by atoms with Gasteiger partial charge in [0.1, 0.15) is 4.90 Å². The van der Waals surface area contributed by atoms with Crippen molar-refractivity contribution < 1.29 is 13.2 Å². The van der Waals surface area contributed by atoms with Crippen LogP contribution in [0.2, 0.25) is 5.02 Å². The predicted molar refractivity (Wildman–Crippen MR) is 110 cm³/mol. The molecule has 7 heteroatoms. The number of benzene rings is 1. The first-order chi connectivity index (χ1) is 13.3. The van der Waals surface area contributed by atoms with Crippen LogP contribution in [-0.4, -0.2) is 27.4 Å². The van der Waals surface area contributed by atoms with E-state index in [2.05, 4.69) is 16.6 Å². The zero-order valence-electron chi connectivity index (χ0n) is 15.9. The van der Waals surface area contributed by atoms with Gasteiger partial charge in [-0.3, -0.25) is 4.79 Å². The molecule has 4 fully saturated rings. The minimum atomic E-state index is -3.79. The van der Waals surface area contributed by atoms with Crippen LogP contribution in [0.15, 0.2) is 35.7 Å². The molecular weight excluding hydrogens is 396 g/mol. The van der Waals surface area contributed by atoms with Crippen LogP contribution in [0.1, 0.15) is 48.9 Å². The fraction of sp³-hybridized carbons (Fsp3) is 0.571. The molecule has 1 aromatic rings. The highest BCUT2D eigenvalue weighted by Gasteiger charge is 2.50. The second kappa shape index (κ2) is 7.47. The van der Waals surface area contributed by atoms with Crippen molar-refractivity contribution in [3.05, 3.63) is 41.4 Å². The number of halogens is 1. The summed E-state index contributed by atoms with van der Waals surface area (Å²) in [5.74, 6) is 2.23. The molecule has 5 rings (SSSR count). The van der Waals surface area contributed by atoms with Gasteiger partial charge in [0.2, 0.25) is 10.0 Å². The summed E-state index contributed by atoms with van der Waals surface area (Å²) in [5, 5.41) is 3.18. The molecule has 0 spiro atoms. The predicted octanol–water partition coefficient (Wildman–Crippen LogP) is 3.75. The Morgan fingerprint density at radius 1 is 1.18 bits per heavy atom. The largest absolute Gasteiger partial charge is 0.351 e. The van der Waals surface area contributed by atoms with Crippen molar-refractivity contribution in [1.29, 1.82) is 0 Å². The minimum Gasteiger partial charge on any atom is -0.351 e. The molecule has 0 saturated heterocycles. The molecule has 4 saturated carbocycles. The van der Waals surface area contributed by atoms with Gasteiger partial charge < -0.3 is 5.32 Å². The van der Waals surface area contributed by atoms with Crippen LogP contribution in [-0.2, 0) is 10.0 Å². The summed E-state index contributed by atoms with van der Waals surface area (Å²) in [6.07, 6.45) is 9.18. The zero-order valence-corrected chi connectivity index (χ0v) is 17.5. The van der Waals surface area contributed by atoms with Crippen molar-refractivity contribution in [1.82, 2.24) is 10.0 Å². The highest BCUT2D eigenvalue weighted by atomic mass is 35.5. The van der Waals surface area contributed by atoms with Gasteiger partial charge in [-0.05, 0) is 79.9 Å². The summed E-state index contributed by atoms with van der Waals surface area (Å²) in [6.45, 7) is 4.28. The van der Waals surface area contributed by atoms with Gasteiger partial charge in [0.25, 0.3) is 5.91 Å². The lowest BCUT2D eigenvalue weighted by Gasteiger charge is -2.56. The van der Waals surface area contributed by atoms with Crippen LogP contribution < -0.4 is 10.0 Å². The molecular formula is C21H27ClN2O3S. The summed E-state index contributed by atoms with van der Waals surface area (Å²) in [7, 11) is -3.79. The third-order valence-electron chi connectivity index (χ3n) is 6.69. The number of nitrogens with one attached hydrogen (secondary N) is 2. The molecule has 0 unspecified atom stereocenters. The number of rotatable bonds is 7. The van der Waals surface area contributed by atoms with Crippen LogP contribution in [0.25, 0.3) is 0 Å². The van der Waals surface area contributed by atoms with Crippen molar-refractivity contribution in [2.24, 2.45) is 23.2 Å². The summed E-state index contributed by atoms with van der Waals surface area (Å²) >= 11 is 6.08. The maximum atomic E-state index is 12.8. The van der Waals surface area contributed by atoms with Crippen LogP contribution in [0, 0.1) is 23.2 Å². The monoisotopic (exact) mass is 422 g/mol. The Balaban J connectivity index is 1.47. The van der Waals surface area contributed by atoms with E-state index in [-0.39, 0.29) is 27.8 Å². The van der Waals surface area contributed by atoms with Gasteiger partial charge in [-0.15, -0.1) is 6.58 Å². The number of sulfonamides is 1. The molecule has 0 aliphatic heterocycles. The maximum Gasteiger partial charge on any atom is 0.251 e. The van der Waals surface area contributed by atoms with E-state index < -0.39 is 10.0 Å². The average Bonchev–Trinajstić information content (AvgIpc) is 2.64. The fourth-order valence-corrected chi connectivity index (χ4v) is 7.50. The molecule has 4 aliphatic rings. The topological polar surface area (TPSA) is 75.3 Å². The highest BCUT2D eigenvalue weighted by Crippen LogP contribution is 2.59. The smallest absolute Gasteiger partial charge is 0.251 e. The van der Waals surface area contributed by atoms with Gasteiger partial charge in [-0.2, -0.15) is 0 Å². The Hall–Kier alpha value is -1.37. The first-order valence-corrected chi connectivity index (χ1v) is 11.8. The fourth-order valence-electron chi connectivity index (χ4n) is 5.97. The van der Waals surface area contributed by atoms with Gasteiger partial charge >= 0.3 is 0 Å². The van der Waals surface area contributed by atoms with Gasteiger partial charge in [0.05, 0.1) is 5.02 Å². The molecule has 28 heavy (non-hydrogen) atoms. The van der Waals surface area contributed by atoms with Crippen LogP contribution in [0.5, 0.6) is 0 Å². The van der Waals surface area contributed by atoms with Gasteiger partial charge in [-0.25, -0.2) is 13.1 Å². The lowest BCUT2D eigenvalue weighted by Crippen LogP contribution is -2.51. The van der Waals surface area contributed by atoms with Gasteiger partial charge in [0, 0.05) is 18.7 Å². The Labute approximate surface area is 172 Å². The molecule has 0 aromatic heterocycles. The lowest BCUT2D eigenvalue weighted by atomic mass is 9.49.